The molecule has 0 spiro atoms. The van der Waals surface area contributed by atoms with Gasteiger partial charge in [0.2, 0.25) is 0 Å². The lowest BCUT2D eigenvalue weighted by Crippen LogP contribution is -2.51. The molecule has 1 saturated heterocycles. The van der Waals surface area contributed by atoms with Crippen molar-refractivity contribution in [2.45, 2.75) is 25.8 Å². The molecule has 4 nitrogen and oxygen atoms in total. The highest BCUT2D eigenvalue weighted by molar-refractivity contribution is 7.12. The molecule has 0 aromatic carbocycles. The summed E-state index contributed by atoms with van der Waals surface area (Å²) in [5, 5.41) is 0.300. The Morgan fingerprint density at radius 2 is 2.53 bits per heavy atom. The van der Waals surface area contributed by atoms with Crippen LogP contribution in [-0.4, -0.2) is 34.9 Å². The minimum Gasteiger partial charge on any atom is -0.333 e. The number of likely N-dealkylation sites (tertiary alicyclic amines) is 1. The average Bonchev–Trinajstić information content (AvgIpc) is 2.74. The van der Waals surface area contributed by atoms with Crippen molar-refractivity contribution in [3.8, 4) is 0 Å². The van der Waals surface area contributed by atoms with E-state index >= 15 is 0 Å². The van der Waals surface area contributed by atoms with Gasteiger partial charge in [0.25, 0.3) is 5.91 Å². The van der Waals surface area contributed by atoms with E-state index < -0.39 is 0 Å². The minimum absolute atomic E-state index is 0.0282. The molecule has 6 heteroatoms. The number of piperidine rings is 1. The maximum atomic E-state index is 12.4. The molecule has 0 aliphatic carbocycles. The molecule has 1 aromatic rings. The van der Waals surface area contributed by atoms with E-state index in [1.165, 1.54) is 11.3 Å². The monoisotopic (exact) mass is 273 g/mol. The number of carbonyl (C=O) groups is 1. The fourth-order valence-corrected chi connectivity index (χ4v) is 3.32. The highest BCUT2D eigenvalue weighted by Crippen LogP contribution is 2.27. The van der Waals surface area contributed by atoms with Crippen LogP contribution in [-0.2, 0) is 0 Å². The maximum absolute atomic E-state index is 12.4. The molecule has 0 unspecified atom stereocenters. The minimum atomic E-state index is -0.0282. The van der Waals surface area contributed by atoms with Crippen molar-refractivity contribution >= 4 is 28.8 Å². The third-order valence-corrected chi connectivity index (χ3v) is 4.55. The second kappa shape index (κ2) is 5.33. The van der Waals surface area contributed by atoms with Crippen molar-refractivity contribution in [3.63, 3.8) is 0 Å². The van der Waals surface area contributed by atoms with Gasteiger partial charge in [0.1, 0.15) is 4.88 Å². The van der Waals surface area contributed by atoms with E-state index in [4.69, 9.17) is 17.3 Å². The van der Waals surface area contributed by atoms with Crippen LogP contribution < -0.4 is 5.73 Å². The van der Waals surface area contributed by atoms with Gasteiger partial charge in [-0.1, -0.05) is 18.5 Å². The number of nitrogens with two attached hydrogens (primary N) is 1. The van der Waals surface area contributed by atoms with Crippen LogP contribution in [0.5, 0.6) is 0 Å². The number of thiazole rings is 1. The highest BCUT2D eigenvalue weighted by Gasteiger charge is 2.32. The zero-order chi connectivity index (χ0) is 12.4. The number of carbonyl (C=O) groups excluding carboxylic acids is 1. The van der Waals surface area contributed by atoms with E-state index in [1.807, 2.05) is 4.90 Å². The number of nitrogens with zero attached hydrogens (tertiary/aromatic N) is 2. The second-order valence-corrected chi connectivity index (χ2v) is 5.61. The van der Waals surface area contributed by atoms with E-state index in [-0.39, 0.29) is 11.9 Å². The molecule has 2 rings (SSSR count). The number of halogens is 1. The molecule has 2 N–H and O–H groups in total. The third kappa shape index (κ3) is 2.46. The van der Waals surface area contributed by atoms with Crippen molar-refractivity contribution in [2.75, 3.05) is 13.1 Å². The summed E-state index contributed by atoms with van der Waals surface area (Å²) in [6.07, 6.45) is 2.15. The summed E-state index contributed by atoms with van der Waals surface area (Å²) in [6.45, 7) is 3.41. The number of hydrogen-bond donors (Lipinski definition) is 1. The lowest BCUT2D eigenvalue weighted by atomic mass is 9.90. The first-order chi connectivity index (χ1) is 8.15. The normalized spacial score (nSPS) is 25.0. The Morgan fingerprint density at radius 3 is 3.12 bits per heavy atom. The molecule has 2 atom stereocenters. The number of amides is 1. The summed E-state index contributed by atoms with van der Waals surface area (Å²) in [5.41, 5.74) is 7.37. The van der Waals surface area contributed by atoms with Crippen LogP contribution in [0.4, 0.5) is 0 Å². The number of rotatable bonds is 2. The number of hydrogen-bond acceptors (Lipinski definition) is 4. The van der Waals surface area contributed by atoms with Crippen LogP contribution in [0, 0.1) is 5.92 Å². The first-order valence-corrected chi connectivity index (χ1v) is 7.01. The van der Waals surface area contributed by atoms with Gasteiger partial charge >= 0.3 is 0 Å². The van der Waals surface area contributed by atoms with Gasteiger partial charge in [-0.3, -0.25) is 4.79 Å². The lowest BCUT2D eigenvalue weighted by molar-refractivity contribution is 0.0537. The first-order valence-electron chi connectivity index (χ1n) is 5.75. The quantitative estimate of drug-likeness (QED) is 0.897. The van der Waals surface area contributed by atoms with Crippen molar-refractivity contribution in [3.05, 3.63) is 15.5 Å². The molecule has 1 amide bonds. The van der Waals surface area contributed by atoms with Crippen LogP contribution in [0.1, 0.15) is 29.4 Å². The van der Waals surface area contributed by atoms with Crippen LogP contribution in [0.3, 0.4) is 0 Å². The van der Waals surface area contributed by atoms with Gasteiger partial charge in [0.15, 0.2) is 5.15 Å². The van der Waals surface area contributed by atoms with Crippen molar-refractivity contribution < 1.29 is 4.79 Å². The zero-order valence-corrected chi connectivity index (χ0v) is 11.3. The van der Waals surface area contributed by atoms with E-state index in [0.29, 0.717) is 22.5 Å². The zero-order valence-electron chi connectivity index (χ0n) is 9.73. The Balaban J connectivity index is 2.21. The fourth-order valence-electron chi connectivity index (χ4n) is 2.36. The molecule has 94 valence electrons. The van der Waals surface area contributed by atoms with Gasteiger partial charge in [-0.15, -0.1) is 11.3 Å². The Hall–Kier alpha value is -0.650. The first kappa shape index (κ1) is 12.8. The molecule has 17 heavy (non-hydrogen) atoms. The van der Waals surface area contributed by atoms with Crippen LogP contribution in [0.2, 0.25) is 5.15 Å². The Bertz CT molecular complexity index is 409. The maximum Gasteiger partial charge on any atom is 0.267 e. The molecular weight excluding hydrogens is 258 g/mol. The highest BCUT2D eigenvalue weighted by atomic mass is 35.5. The molecule has 2 heterocycles. The molecule has 1 aromatic heterocycles. The molecule has 1 aliphatic heterocycles. The van der Waals surface area contributed by atoms with Gasteiger partial charge in [0, 0.05) is 19.1 Å². The third-order valence-electron chi connectivity index (χ3n) is 3.34. The SMILES string of the molecule is C[C@H]1CCCN(C(=O)c2scnc2Cl)[C@@H]1CN. The largest absolute Gasteiger partial charge is 0.333 e. The Labute approximate surface area is 110 Å². The fraction of sp³-hybridized carbons (Fsp3) is 0.636. The van der Waals surface area contributed by atoms with E-state index in [2.05, 4.69) is 11.9 Å². The average molecular weight is 274 g/mol. The molecule has 1 aliphatic rings. The molecule has 1 fully saturated rings. The molecular formula is C11H16ClN3OS. The van der Waals surface area contributed by atoms with Crippen LogP contribution in [0.15, 0.2) is 5.51 Å². The van der Waals surface area contributed by atoms with Gasteiger partial charge in [-0.2, -0.15) is 0 Å². The molecule has 0 saturated carbocycles. The summed E-state index contributed by atoms with van der Waals surface area (Å²) in [4.78, 5) is 18.6. The smallest absolute Gasteiger partial charge is 0.267 e. The summed E-state index contributed by atoms with van der Waals surface area (Å²) < 4.78 is 0. The molecule has 0 bridgehead atoms. The predicted octanol–water partition coefficient (Wildman–Crippen LogP) is 2.00. The Morgan fingerprint density at radius 1 is 1.76 bits per heavy atom. The summed E-state index contributed by atoms with van der Waals surface area (Å²) in [7, 11) is 0. The second-order valence-electron chi connectivity index (χ2n) is 4.39. The van der Waals surface area contributed by atoms with E-state index in [1.54, 1.807) is 5.51 Å². The standard InChI is InChI=1S/C11H16ClN3OS/c1-7-3-2-4-15(8(7)5-13)11(16)9-10(12)14-6-17-9/h6-8H,2-5,13H2,1H3/t7-,8+/m0/s1. The van der Waals surface area contributed by atoms with Gasteiger partial charge in [-0.25, -0.2) is 4.98 Å². The van der Waals surface area contributed by atoms with E-state index in [0.717, 1.165) is 19.4 Å². The van der Waals surface area contributed by atoms with Crippen molar-refractivity contribution in [2.24, 2.45) is 11.7 Å². The summed E-state index contributed by atoms with van der Waals surface area (Å²) >= 11 is 7.19. The van der Waals surface area contributed by atoms with Gasteiger partial charge < -0.3 is 10.6 Å². The molecule has 0 radical (unpaired) electrons. The summed E-state index contributed by atoms with van der Waals surface area (Å²) in [5.74, 6) is 0.420. The van der Waals surface area contributed by atoms with Crippen molar-refractivity contribution in [1.82, 2.24) is 9.88 Å². The topological polar surface area (TPSA) is 59.2 Å². The Kier molecular flexibility index (Phi) is 4.01. The van der Waals surface area contributed by atoms with Gasteiger partial charge in [-0.05, 0) is 18.8 Å². The summed E-state index contributed by atoms with van der Waals surface area (Å²) in [6, 6.07) is 0.120. The van der Waals surface area contributed by atoms with Crippen LogP contribution in [0.25, 0.3) is 0 Å². The van der Waals surface area contributed by atoms with E-state index in [9.17, 15) is 4.79 Å². The number of aromatic nitrogens is 1. The van der Waals surface area contributed by atoms with Crippen LogP contribution >= 0.6 is 22.9 Å². The van der Waals surface area contributed by atoms with Gasteiger partial charge in [0.05, 0.1) is 5.51 Å². The predicted molar refractivity (Wildman–Crippen MR) is 69.4 cm³/mol. The lowest BCUT2D eigenvalue weighted by Gasteiger charge is -2.39. The van der Waals surface area contributed by atoms with Crippen molar-refractivity contribution in [1.29, 1.82) is 0 Å².